The highest BCUT2D eigenvalue weighted by Gasteiger charge is 2.25. The van der Waals surface area contributed by atoms with Gasteiger partial charge in [0.2, 0.25) is 15.3 Å². The Morgan fingerprint density at radius 3 is 2.12 bits per heavy atom. The predicted octanol–water partition coefficient (Wildman–Crippen LogP) is 1.69. The van der Waals surface area contributed by atoms with E-state index < -0.39 is 10.0 Å². The van der Waals surface area contributed by atoms with Gasteiger partial charge in [0, 0.05) is 13.1 Å². The minimum Gasteiger partial charge on any atom is -0.225 e. The Labute approximate surface area is 106 Å². The Morgan fingerprint density at radius 1 is 1.06 bits per heavy atom. The summed E-state index contributed by atoms with van der Waals surface area (Å²) in [5, 5.41) is 0.0554. The third-order valence-electron chi connectivity index (χ3n) is 2.80. The first-order chi connectivity index (χ1) is 8.10. The van der Waals surface area contributed by atoms with E-state index in [4.69, 9.17) is 11.6 Å². The van der Waals surface area contributed by atoms with Crippen molar-refractivity contribution in [2.24, 2.45) is 0 Å². The van der Waals surface area contributed by atoms with Crippen LogP contribution in [-0.2, 0) is 10.0 Å². The zero-order valence-electron chi connectivity index (χ0n) is 9.34. The van der Waals surface area contributed by atoms with Gasteiger partial charge >= 0.3 is 0 Å². The highest BCUT2D eigenvalue weighted by Crippen LogP contribution is 2.19. The lowest BCUT2D eigenvalue weighted by atomic mass is 10.2. The van der Waals surface area contributed by atoms with E-state index in [9.17, 15) is 8.42 Å². The van der Waals surface area contributed by atoms with Gasteiger partial charge in [-0.3, -0.25) is 0 Å². The van der Waals surface area contributed by atoms with Crippen molar-refractivity contribution in [2.75, 3.05) is 13.1 Å². The van der Waals surface area contributed by atoms with Gasteiger partial charge in [-0.1, -0.05) is 12.8 Å². The third kappa shape index (κ3) is 2.94. The maximum absolute atomic E-state index is 12.3. The Morgan fingerprint density at radius 2 is 1.59 bits per heavy atom. The van der Waals surface area contributed by atoms with Crippen molar-refractivity contribution in [2.45, 2.75) is 30.6 Å². The van der Waals surface area contributed by atoms with Crippen LogP contribution >= 0.6 is 11.6 Å². The summed E-state index contributed by atoms with van der Waals surface area (Å²) in [5.74, 6) is 0. The minimum absolute atomic E-state index is 0.0554. The lowest BCUT2D eigenvalue weighted by Gasteiger charge is -2.19. The SMILES string of the molecule is O=S(=O)(c1cnc(Cl)nc1)N1CCCCCC1. The van der Waals surface area contributed by atoms with Crippen LogP contribution in [0.2, 0.25) is 5.28 Å². The molecular formula is C10H14ClN3O2S. The normalized spacial score (nSPS) is 18.9. The Kier molecular flexibility index (Phi) is 3.96. The Balaban J connectivity index is 2.25. The summed E-state index contributed by atoms with van der Waals surface area (Å²) in [5.41, 5.74) is 0. The van der Waals surface area contributed by atoms with Gasteiger partial charge in [-0.25, -0.2) is 18.4 Å². The van der Waals surface area contributed by atoms with Gasteiger partial charge in [-0.15, -0.1) is 0 Å². The molecule has 0 bridgehead atoms. The van der Waals surface area contributed by atoms with Crippen LogP contribution in [0.1, 0.15) is 25.7 Å². The van der Waals surface area contributed by atoms with Gasteiger partial charge in [-0.2, -0.15) is 4.31 Å². The molecule has 0 N–H and O–H groups in total. The van der Waals surface area contributed by atoms with Crippen molar-refractivity contribution in [3.63, 3.8) is 0 Å². The zero-order chi connectivity index (χ0) is 12.3. The van der Waals surface area contributed by atoms with Crippen LogP contribution in [-0.4, -0.2) is 35.8 Å². The highest BCUT2D eigenvalue weighted by atomic mass is 35.5. The molecule has 0 spiro atoms. The molecule has 0 aromatic carbocycles. The summed E-state index contributed by atoms with van der Waals surface area (Å²) in [4.78, 5) is 7.54. The van der Waals surface area contributed by atoms with Gasteiger partial charge in [0.05, 0.1) is 12.4 Å². The molecule has 1 aliphatic heterocycles. The molecule has 1 saturated heterocycles. The number of aromatic nitrogens is 2. The first-order valence-corrected chi connectivity index (χ1v) is 7.40. The molecule has 0 saturated carbocycles. The summed E-state index contributed by atoms with van der Waals surface area (Å²) < 4.78 is 26.0. The average molecular weight is 276 g/mol. The topological polar surface area (TPSA) is 63.2 Å². The van der Waals surface area contributed by atoms with Crippen LogP contribution in [0.15, 0.2) is 17.3 Å². The fourth-order valence-electron chi connectivity index (χ4n) is 1.86. The van der Waals surface area contributed by atoms with Crippen LogP contribution in [0, 0.1) is 0 Å². The molecule has 1 fully saturated rings. The average Bonchev–Trinajstić information content (AvgIpc) is 2.58. The van der Waals surface area contributed by atoms with E-state index in [-0.39, 0.29) is 10.2 Å². The van der Waals surface area contributed by atoms with E-state index in [1.54, 1.807) is 0 Å². The fraction of sp³-hybridized carbons (Fsp3) is 0.600. The minimum atomic E-state index is -3.45. The smallest absolute Gasteiger partial charge is 0.225 e. The van der Waals surface area contributed by atoms with Gasteiger partial charge in [0.15, 0.2) is 0 Å². The standard InChI is InChI=1S/C10H14ClN3O2S/c11-10-12-7-9(8-13-10)17(15,16)14-5-3-1-2-4-6-14/h7-8H,1-6H2. The molecule has 1 aromatic rings. The molecule has 94 valence electrons. The second-order valence-corrected chi connectivity index (χ2v) is 6.28. The largest absolute Gasteiger partial charge is 0.246 e. The van der Waals surface area contributed by atoms with Crippen molar-refractivity contribution < 1.29 is 8.42 Å². The summed E-state index contributed by atoms with van der Waals surface area (Å²) in [6.45, 7) is 1.15. The highest BCUT2D eigenvalue weighted by molar-refractivity contribution is 7.89. The molecule has 1 aliphatic rings. The van der Waals surface area contributed by atoms with Crippen LogP contribution in [0.3, 0.4) is 0 Å². The van der Waals surface area contributed by atoms with Crippen molar-refractivity contribution in [1.82, 2.24) is 14.3 Å². The third-order valence-corrected chi connectivity index (χ3v) is 4.85. The predicted molar refractivity (Wildman–Crippen MR) is 64.3 cm³/mol. The molecule has 1 aromatic heterocycles. The van der Waals surface area contributed by atoms with Crippen LogP contribution in [0.4, 0.5) is 0 Å². The van der Waals surface area contributed by atoms with E-state index in [0.29, 0.717) is 13.1 Å². The molecular weight excluding hydrogens is 262 g/mol. The van der Waals surface area contributed by atoms with Crippen molar-refractivity contribution in [1.29, 1.82) is 0 Å². The van der Waals surface area contributed by atoms with Crippen LogP contribution in [0.5, 0.6) is 0 Å². The van der Waals surface area contributed by atoms with E-state index in [0.717, 1.165) is 25.7 Å². The molecule has 5 nitrogen and oxygen atoms in total. The monoisotopic (exact) mass is 275 g/mol. The summed E-state index contributed by atoms with van der Waals surface area (Å²) in [6, 6.07) is 0. The first kappa shape index (κ1) is 12.7. The van der Waals surface area contributed by atoms with Crippen LogP contribution < -0.4 is 0 Å². The van der Waals surface area contributed by atoms with E-state index in [1.165, 1.54) is 16.7 Å². The van der Waals surface area contributed by atoms with E-state index >= 15 is 0 Å². The van der Waals surface area contributed by atoms with Gasteiger partial charge in [0.25, 0.3) is 0 Å². The van der Waals surface area contributed by atoms with Crippen LogP contribution in [0.25, 0.3) is 0 Å². The second-order valence-electron chi connectivity index (χ2n) is 4.01. The molecule has 17 heavy (non-hydrogen) atoms. The maximum Gasteiger partial charge on any atom is 0.246 e. The molecule has 7 heteroatoms. The molecule has 2 heterocycles. The zero-order valence-corrected chi connectivity index (χ0v) is 10.9. The number of rotatable bonds is 2. The summed E-state index contributed by atoms with van der Waals surface area (Å²) in [7, 11) is -3.45. The molecule has 0 unspecified atom stereocenters. The number of sulfonamides is 1. The summed E-state index contributed by atoms with van der Waals surface area (Å²) >= 11 is 5.54. The van der Waals surface area contributed by atoms with Crippen molar-refractivity contribution in [3.8, 4) is 0 Å². The maximum atomic E-state index is 12.3. The fourth-order valence-corrected chi connectivity index (χ4v) is 3.37. The molecule has 0 atom stereocenters. The lowest BCUT2D eigenvalue weighted by molar-refractivity contribution is 0.423. The summed E-state index contributed by atoms with van der Waals surface area (Å²) in [6.07, 6.45) is 6.51. The van der Waals surface area contributed by atoms with E-state index in [1.807, 2.05) is 0 Å². The molecule has 0 aliphatic carbocycles. The molecule has 0 amide bonds. The van der Waals surface area contributed by atoms with Gasteiger partial charge < -0.3 is 0 Å². The number of halogens is 1. The van der Waals surface area contributed by atoms with Gasteiger partial charge in [0.1, 0.15) is 4.90 Å². The Bertz CT molecular complexity index is 467. The molecule has 2 rings (SSSR count). The van der Waals surface area contributed by atoms with Crippen molar-refractivity contribution in [3.05, 3.63) is 17.7 Å². The number of hydrogen-bond acceptors (Lipinski definition) is 4. The van der Waals surface area contributed by atoms with Crippen molar-refractivity contribution >= 4 is 21.6 Å². The first-order valence-electron chi connectivity index (χ1n) is 5.58. The lowest BCUT2D eigenvalue weighted by Crippen LogP contribution is -2.32. The number of nitrogens with zero attached hydrogens (tertiary/aromatic N) is 3. The Hall–Kier alpha value is -0.720. The van der Waals surface area contributed by atoms with E-state index in [2.05, 4.69) is 9.97 Å². The quantitative estimate of drug-likeness (QED) is 0.771. The molecule has 0 radical (unpaired) electrons. The second kappa shape index (κ2) is 5.29. The van der Waals surface area contributed by atoms with Gasteiger partial charge in [-0.05, 0) is 24.4 Å². The number of hydrogen-bond donors (Lipinski definition) is 0.